The van der Waals surface area contributed by atoms with Crippen molar-refractivity contribution in [3.8, 4) is 17.4 Å². The van der Waals surface area contributed by atoms with E-state index < -0.39 is 5.91 Å². The van der Waals surface area contributed by atoms with E-state index in [0.29, 0.717) is 10.8 Å². The molecule has 0 aliphatic heterocycles. The first-order chi connectivity index (χ1) is 11.6. The summed E-state index contributed by atoms with van der Waals surface area (Å²) in [6, 6.07) is 17.4. The number of nitriles is 1. The maximum atomic E-state index is 12.4. The van der Waals surface area contributed by atoms with Crippen LogP contribution < -0.4 is 5.32 Å². The fourth-order valence-corrected chi connectivity index (χ4v) is 2.65. The van der Waals surface area contributed by atoms with Gasteiger partial charge in [0.05, 0.1) is 10.6 Å². The van der Waals surface area contributed by atoms with Crippen LogP contribution in [-0.4, -0.2) is 5.91 Å². The molecule has 1 N–H and O–H groups in total. The normalized spacial score (nSPS) is 10.2. The maximum absolute atomic E-state index is 12.4. The largest absolute Gasteiger partial charge is 0.439 e. The Balaban J connectivity index is 1.91. The van der Waals surface area contributed by atoms with Crippen LogP contribution in [-0.2, 0) is 0 Å². The zero-order valence-electron chi connectivity index (χ0n) is 12.2. The molecule has 0 spiro atoms. The minimum absolute atomic E-state index is 0.0763. The molecule has 0 saturated carbocycles. The van der Waals surface area contributed by atoms with Crippen LogP contribution in [0.1, 0.15) is 15.9 Å². The number of nitrogens with one attached hydrogen (secondary N) is 1. The number of hydrogen-bond acceptors (Lipinski definition) is 3. The molecule has 0 saturated heterocycles. The van der Waals surface area contributed by atoms with Gasteiger partial charge in [-0.25, -0.2) is 0 Å². The number of anilines is 1. The predicted octanol–water partition coefficient (Wildman–Crippen LogP) is 5.38. The highest BCUT2D eigenvalue weighted by Crippen LogP contribution is 2.29. The molecule has 1 aromatic heterocycles. The molecule has 1 heterocycles. The first-order valence-electron chi connectivity index (χ1n) is 6.94. The number of furan rings is 1. The standard InChI is InChI=1S/C18H10Cl2N2O2/c19-13-6-7-14(15(20)9-13)17(23)22-18-12(10-21)8-16(24-18)11-4-2-1-3-5-11/h1-9H,(H,22,23). The van der Waals surface area contributed by atoms with Crippen molar-refractivity contribution in [3.63, 3.8) is 0 Å². The molecule has 0 bridgehead atoms. The Kier molecular flexibility index (Phi) is 4.57. The summed E-state index contributed by atoms with van der Waals surface area (Å²) in [4.78, 5) is 12.4. The lowest BCUT2D eigenvalue weighted by molar-refractivity contribution is 0.102. The van der Waals surface area contributed by atoms with Crippen molar-refractivity contribution >= 4 is 35.0 Å². The van der Waals surface area contributed by atoms with Gasteiger partial charge in [0.15, 0.2) is 0 Å². The molecule has 4 nitrogen and oxygen atoms in total. The van der Waals surface area contributed by atoms with Crippen molar-refractivity contribution in [2.45, 2.75) is 0 Å². The number of carbonyl (C=O) groups is 1. The van der Waals surface area contributed by atoms with Crippen LogP contribution in [0.3, 0.4) is 0 Å². The van der Waals surface area contributed by atoms with Gasteiger partial charge in [-0.1, -0.05) is 53.5 Å². The lowest BCUT2D eigenvalue weighted by Gasteiger charge is -2.05. The van der Waals surface area contributed by atoms with Gasteiger partial charge in [-0.3, -0.25) is 10.1 Å². The second-order valence-corrected chi connectivity index (χ2v) is 5.75. The van der Waals surface area contributed by atoms with E-state index in [1.165, 1.54) is 12.1 Å². The molecule has 6 heteroatoms. The van der Waals surface area contributed by atoms with Crippen LogP contribution in [0, 0.1) is 11.3 Å². The van der Waals surface area contributed by atoms with Crippen LogP contribution in [0.2, 0.25) is 10.0 Å². The van der Waals surface area contributed by atoms with E-state index in [9.17, 15) is 10.1 Å². The highest BCUT2D eigenvalue weighted by atomic mass is 35.5. The SMILES string of the molecule is N#Cc1cc(-c2ccccc2)oc1NC(=O)c1ccc(Cl)cc1Cl. The Morgan fingerprint density at radius 2 is 1.83 bits per heavy atom. The number of nitrogens with zero attached hydrogens (tertiary/aromatic N) is 1. The molecular weight excluding hydrogens is 347 g/mol. The second-order valence-electron chi connectivity index (χ2n) is 4.91. The third-order valence-electron chi connectivity index (χ3n) is 3.31. The van der Waals surface area contributed by atoms with E-state index in [1.807, 2.05) is 36.4 Å². The summed E-state index contributed by atoms with van der Waals surface area (Å²) in [6.45, 7) is 0. The first kappa shape index (κ1) is 16.1. The Morgan fingerprint density at radius 3 is 2.50 bits per heavy atom. The van der Waals surface area contributed by atoms with Gasteiger partial charge >= 0.3 is 0 Å². The van der Waals surface area contributed by atoms with Crippen LogP contribution in [0.4, 0.5) is 5.88 Å². The van der Waals surface area contributed by atoms with E-state index >= 15 is 0 Å². The van der Waals surface area contributed by atoms with Gasteiger partial charge in [0.1, 0.15) is 17.4 Å². The summed E-state index contributed by atoms with van der Waals surface area (Å²) in [5.41, 5.74) is 1.27. The lowest BCUT2D eigenvalue weighted by Crippen LogP contribution is -2.12. The number of hydrogen-bond donors (Lipinski definition) is 1. The molecule has 0 aliphatic rings. The average Bonchev–Trinajstić information content (AvgIpc) is 2.98. The molecule has 0 unspecified atom stereocenters. The zero-order chi connectivity index (χ0) is 17.1. The van der Waals surface area contributed by atoms with E-state index in [2.05, 4.69) is 5.32 Å². The molecule has 0 fully saturated rings. The van der Waals surface area contributed by atoms with Gasteiger partial charge in [0, 0.05) is 16.7 Å². The van der Waals surface area contributed by atoms with Gasteiger partial charge in [-0.05, 0) is 18.2 Å². The molecule has 3 aromatic rings. The Morgan fingerprint density at radius 1 is 1.08 bits per heavy atom. The topological polar surface area (TPSA) is 66.0 Å². The molecule has 1 amide bonds. The van der Waals surface area contributed by atoms with E-state index in [1.54, 1.807) is 12.1 Å². The van der Waals surface area contributed by atoms with Gasteiger partial charge in [-0.15, -0.1) is 0 Å². The van der Waals surface area contributed by atoms with Gasteiger partial charge in [0.2, 0.25) is 5.88 Å². The fraction of sp³-hybridized carbons (Fsp3) is 0. The summed E-state index contributed by atoms with van der Waals surface area (Å²) >= 11 is 11.8. The second kappa shape index (κ2) is 6.79. The number of amides is 1. The average molecular weight is 357 g/mol. The minimum atomic E-state index is -0.484. The number of benzene rings is 2. The highest BCUT2D eigenvalue weighted by molar-refractivity contribution is 6.37. The number of carbonyl (C=O) groups excluding carboxylic acids is 1. The smallest absolute Gasteiger partial charge is 0.259 e. The van der Waals surface area contributed by atoms with Crippen molar-refractivity contribution < 1.29 is 9.21 Å². The molecule has 0 atom stereocenters. The van der Waals surface area contributed by atoms with E-state index in [4.69, 9.17) is 27.6 Å². The van der Waals surface area contributed by atoms with Gasteiger partial charge in [0.25, 0.3) is 5.91 Å². The van der Waals surface area contributed by atoms with Crippen molar-refractivity contribution in [2.24, 2.45) is 0 Å². The fourth-order valence-electron chi connectivity index (χ4n) is 2.16. The van der Waals surface area contributed by atoms with Gasteiger partial charge < -0.3 is 4.42 Å². The zero-order valence-corrected chi connectivity index (χ0v) is 13.7. The Hall–Kier alpha value is -2.74. The summed E-state index contributed by atoms with van der Waals surface area (Å²) in [5, 5.41) is 12.5. The van der Waals surface area contributed by atoms with E-state index in [-0.39, 0.29) is 22.0 Å². The first-order valence-corrected chi connectivity index (χ1v) is 7.70. The minimum Gasteiger partial charge on any atom is -0.439 e. The molecule has 0 aliphatic carbocycles. The lowest BCUT2D eigenvalue weighted by atomic mass is 10.1. The van der Waals surface area contributed by atoms with Crippen molar-refractivity contribution in [2.75, 3.05) is 5.32 Å². The number of rotatable bonds is 3. The third kappa shape index (κ3) is 3.28. The molecule has 118 valence electrons. The van der Waals surface area contributed by atoms with Crippen LogP contribution in [0.25, 0.3) is 11.3 Å². The van der Waals surface area contributed by atoms with Crippen molar-refractivity contribution in [1.29, 1.82) is 5.26 Å². The quantitative estimate of drug-likeness (QED) is 0.685. The molecule has 2 aromatic carbocycles. The molecule has 0 radical (unpaired) electrons. The summed E-state index contributed by atoms with van der Waals surface area (Å²) in [7, 11) is 0. The van der Waals surface area contributed by atoms with Crippen molar-refractivity contribution in [3.05, 3.63) is 75.8 Å². The molecule has 24 heavy (non-hydrogen) atoms. The van der Waals surface area contributed by atoms with Crippen LogP contribution >= 0.6 is 23.2 Å². The Bertz CT molecular complexity index is 943. The monoisotopic (exact) mass is 356 g/mol. The van der Waals surface area contributed by atoms with E-state index in [0.717, 1.165) is 5.56 Å². The highest BCUT2D eigenvalue weighted by Gasteiger charge is 2.17. The molecule has 3 rings (SSSR count). The third-order valence-corrected chi connectivity index (χ3v) is 3.86. The summed E-state index contributed by atoms with van der Waals surface area (Å²) < 4.78 is 5.62. The predicted molar refractivity (Wildman–Crippen MR) is 93.3 cm³/mol. The molecular formula is C18H10Cl2N2O2. The Labute approximate surface area is 148 Å². The van der Waals surface area contributed by atoms with Crippen LogP contribution in [0.5, 0.6) is 0 Å². The van der Waals surface area contributed by atoms with Crippen LogP contribution in [0.15, 0.2) is 59.0 Å². The summed E-state index contributed by atoms with van der Waals surface area (Å²) in [5.74, 6) is 0.0825. The van der Waals surface area contributed by atoms with Crippen molar-refractivity contribution in [1.82, 2.24) is 0 Å². The summed E-state index contributed by atoms with van der Waals surface area (Å²) in [6.07, 6.45) is 0. The number of halogens is 2. The van der Waals surface area contributed by atoms with Gasteiger partial charge in [-0.2, -0.15) is 5.26 Å². The maximum Gasteiger partial charge on any atom is 0.259 e.